The van der Waals surface area contributed by atoms with Crippen molar-refractivity contribution in [1.29, 1.82) is 0 Å². The maximum atomic E-state index is 12.7. The molecule has 7 heteroatoms. The summed E-state index contributed by atoms with van der Waals surface area (Å²) in [6.07, 6.45) is 0.635. The molecule has 0 aromatic heterocycles. The fourth-order valence-electron chi connectivity index (χ4n) is 2.95. The van der Waals surface area contributed by atoms with Gasteiger partial charge in [-0.3, -0.25) is 4.79 Å². The molecule has 0 heterocycles. The third-order valence-electron chi connectivity index (χ3n) is 4.69. The second kappa shape index (κ2) is 10.7. The molecule has 3 rings (SSSR count). The summed E-state index contributed by atoms with van der Waals surface area (Å²) >= 11 is 0. The number of benzene rings is 3. The highest BCUT2D eigenvalue weighted by Crippen LogP contribution is 2.16. The molecule has 0 fully saturated rings. The van der Waals surface area contributed by atoms with Crippen LogP contribution in [0.5, 0.6) is 5.75 Å². The van der Waals surface area contributed by atoms with Crippen LogP contribution in [-0.2, 0) is 16.6 Å². The molecule has 0 bridgehead atoms. The van der Waals surface area contributed by atoms with E-state index in [4.69, 9.17) is 4.74 Å². The average Bonchev–Trinajstić information content (AvgIpc) is 2.79. The summed E-state index contributed by atoms with van der Waals surface area (Å²) in [6, 6.07) is 23.3. The maximum Gasteiger partial charge on any atom is 0.251 e. The van der Waals surface area contributed by atoms with E-state index in [0.29, 0.717) is 30.7 Å². The number of amides is 1. The number of ether oxygens (including phenoxy) is 1. The fraction of sp³-hybridized carbons (Fsp3) is 0.208. The molecular formula is C24H26N2O4S. The molecule has 0 radical (unpaired) electrons. The molecule has 0 saturated heterocycles. The summed E-state index contributed by atoms with van der Waals surface area (Å²) in [6.45, 7) is 2.86. The number of hydrogen-bond acceptors (Lipinski definition) is 4. The Hall–Kier alpha value is -3.16. The van der Waals surface area contributed by atoms with Gasteiger partial charge in [-0.15, -0.1) is 0 Å². The number of nitrogens with one attached hydrogen (secondary N) is 2. The van der Waals surface area contributed by atoms with Crippen molar-refractivity contribution in [2.24, 2.45) is 0 Å². The van der Waals surface area contributed by atoms with Crippen LogP contribution in [0.4, 0.5) is 0 Å². The summed E-state index contributed by atoms with van der Waals surface area (Å²) in [5, 5.41) is 2.83. The highest BCUT2D eigenvalue weighted by atomic mass is 32.2. The number of aryl methyl sites for hydroxylation is 1. The van der Waals surface area contributed by atoms with Crippen LogP contribution in [-0.4, -0.2) is 27.5 Å². The monoisotopic (exact) mass is 438 g/mol. The molecule has 3 aromatic carbocycles. The first kappa shape index (κ1) is 22.5. The first-order chi connectivity index (χ1) is 15.0. The van der Waals surface area contributed by atoms with Crippen LogP contribution >= 0.6 is 0 Å². The second-order valence-electron chi connectivity index (χ2n) is 7.06. The fourth-order valence-corrected chi connectivity index (χ4v) is 3.99. The van der Waals surface area contributed by atoms with Gasteiger partial charge in [0.1, 0.15) is 5.75 Å². The molecule has 0 aliphatic heterocycles. The van der Waals surface area contributed by atoms with Gasteiger partial charge in [-0.1, -0.05) is 54.6 Å². The van der Waals surface area contributed by atoms with Gasteiger partial charge < -0.3 is 10.1 Å². The van der Waals surface area contributed by atoms with Crippen molar-refractivity contribution in [2.45, 2.75) is 24.8 Å². The Balaban J connectivity index is 1.55. The van der Waals surface area contributed by atoms with Crippen molar-refractivity contribution in [3.63, 3.8) is 0 Å². The van der Waals surface area contributed by atoms with E-state index >= 15 is 0 Å². The van der Waals surface area contributed by atoms with Gasteiger partial charge in [0.15, 0.2) is 0 Å². The number of rotatable bonds is 10. The number of carbonyl (C=O) groups is 1. The van der Waals surface area contributed by atoms with Crippen molar-refractivity contribution in [2.75, 3.05) is 13.2 Å². The Morgan fingerprint density at radius 3 is 2.32 bits per heavy atom. The normalized spacial score (nSPS) is 11.1. The lowest BCUT2D eigenvalue weighted by atomic mass is 10.1. The van der Waals surface area contributed by atoms with Crippen LogP contribution < -0.4 is 14.8 Å². The van der Waals surface area contributed by atoms with Crippen LogP contribution in [0, 0.1) is 6.92 Å². The Kier molecular flexibility index (Phi) is 7.81. The van der Waals surface area contributed by atoms with Crippen LogP contribution in [0.25, 0.3) is 0 Å². The highest BCUT2D eigenvalue weighted by molar-refractivity contribution is 7.89. The molecule has 0 aliphatic carbocycles. The van der Waals surface area contributed by atoms with Gasteiger partial charge >= 0.3 is 0 Å². The van der Waals surface area contributed by atoms with E-state index in [1.165, 1.54) is 12.1 Å². The van der Waals surface area contributed by atoms with E-state index in [0.717, 1.165) is 11.3 Å². The van der Waals surface area contributed by atoms with Gasteiger partial charge in [-0.25, -0.2) is 13.1 Å². The Labute approximate surface area is 183 Å². The summed E-state index contributed by atoms with van der Waals surface area (Å²) in [5.41, 5.74) is 1.90. The number of carbonyl (C=O) groups excluding carboxylic acids is 1. The molecule has 2 N–H and O–H groups in total. The third kappa shape index (κ3) is 6.67. The Bertz CT molecular complexity index is 1100. The molecule has 0 saturated carbocycles. The lowest BCUT2D eigenvalue weighted by Crippen LogP contribution is -2.27. The first-order valence-electron chi connectivity index (χ1n) is 10.1. The zero-order valence-corrected chi connectivity index (χ0v) is 18.2. The Morgan fingerprint density at radius 2 is 1.61 bits per heavy atom. The number of hydrogen-bond donors (Lipinski definition) is 2. The number of para-hydroxylation sites is 1. The van der Waals surface area contributed by atoms with E-state index in [1.54, 1.807) is 13.0 Å². The molecule has 0 atom stereocenters. The molecule has 162 valence electrons. The molecule has 31 heavy (non-hydrogen) atoms. The van der Waals surface area contributed by atoms with Crippen molar-refractivity contribution < 1.29 is 17.9 Å². The largest absolute Gasteiger partial charge is 0.494 e. The highest BCUT2D eigenvalue weighted by Gasteiger charge is 2.18. The number of sulfonamides is 1. The van der Waals surface area contributed by atoms with Gasteiger partial charge in [-0.05, 0) is 48.7 Å². The summed E-state index contributed by atoms with van der Waals surface area (Å²) < 4.78 is 33.5. The van der Waals surface area contributed by atoms with Crippen molar-refractivity contribution in [1.82, 2.24) is 10.0 Å². The van der Waals surface area contributed by atoms with E-state index < -0.39 is 10.0 Å². The first-order valence-corrected chi connectivity index (χ1v) is 11.5. The van der Waals surface area contributed by atoms with Gasteiger partial charge in [-0.2, -0.15) is 0 Å². The van der Waals surface area contributed by atoms with Gasteiger partial charge in [0, 0.05) is 18.7 Å². The average molecular weight is 439 g/mol. The standard InChI is InChI=1S/C24H26N2O4S/c1-19-13-14-22(31(28,29)26-18-20-9-4-2-5-10-20)17-23(19)24(27)25-15-8-16-30-21-11-6-3-7-12-21/h2-7,9-14,17,26H,8,15-16,18H2,1H3,(H,25,27). The van der Waals surface area contributed by atoms with E-state index in [9.17, 15) is 13.2 Å². The van der Waals surface area contributed by atoms with Crippen LogP contribution in [0.1, 0.15) is 27.9 Å². The zero-order valence-electron chi connectivity index (χ0n) is 17.4. The maximum absolute atomic E-state index is 12.7. The van der Waals surface area contributed by atoms with Gasteiger partial charge in [0.2, 0.25) is 10.0 Å². The molecule has 1 amide bonds. The minimum absolute atomic E-state index is 0.0617. The lowest BCUT2D eigenvalue weighted by molar-refractivity contribution is 0.0950. The van der Waals surface area contributed by atoms with Gasteiger partial charge in [0.05, 0.1) is 11.5 Å². The van der Waals surface area contributed by atoms with Crippen molar-refractivity contribution >= 4 is 15.9 Å². The molecule has 6 nitrogen and oxygen atoms in total. The summed E-state index contributed by atoms with van der Waals surface area (Å²) in [5.74, 6) is 0.475. The molecule has 3 aromatic rings. The molecule has 0 spiro atoms. The molecule has 0 aliphatic rings. The predicted octanol–water partition coefficient (Wildman–Crippen LogP) is 3.67. The summed E-state index contributed by atoms with van der Waals surface area (Å²) in [4.78, 5) is 12.7. The quantitative estimate of drug-likeness (QED) is 0.473. The topological polar surface area (TPSA) is 84.5 Å². The molecular weight excluding hydrogens is 412 g/mol. The van der Waals surface area contributed by atoms with E-state index in [-0.39, 0.29) is 17.3 Å². The van der Waals surface area contributed by atoms with Crippen molar-refractivity contribution in [3.05, 3.63) is 95.6 Å². The molecule has 0 unspecified atom stereocenters. The minimum Gasteiger partial charge on any atom is -0.494 e. The van der Waals surface area contributed by atoms with Crippen LogP contribution in [0.15, 0.2) is 83.8 Å². The SMILES string of the molecule is Cc1ccc(S(=O)(=O)NCc2ccccc2)cc1C(=O)NCCCOc1ccccc1. The smallest absolute Gasteiger partial charge is 0.251 e. The predicted molar refractivity (Wildman–Crippen MR) is 121 cm³/mol. The van der Waals surface area contributed by atoms with Crippen LogP contribution in [0.2, 0.25) is 0 Å². The zero-order chi connectivity index (χ0) is 22.1. The lowest BCUT2D eigenvalue weighted by Gasteiger charge is -2.12. The second-order valence-corrected chi connectivity index (χ2v) is 8.82. The summed E-state index contributed by atoms with van der Waals surface area (Å²) in [7, 11) is -3.74. The minimum atomic E-state index is -3.74. The van der Waals surface area contributed by atoms with Gasteiger partial charge in [0.25, 0.3) is 5.91 Å². The Morgan fingerprint density at radius 1 is 0.935 bits per heavy atom. The van der Waals surface area contributed by atoms with E-state index in [1.807, 2.05) is 60.7 Å². The van der Waals surface area contributed by atoms with Crippen LogP contribution in [0.3, 0.4) is 0 Å². The van der Waals surface area contributed by atoms with Crippen molar-refractivity contribution in [3.8, 4) is 5.75 Å². The van der Waals surface area contributed by atoms with E-state index in [2.05, 4.69) is 10.0 Å². The third-order valence-corrected chi connectivity index (χ3v) is 6.09.